The Morgan fingerprint density at radius 1 is 0.660 bits per heavy atom. The van der Waals surface area contributed by atoms with Crippen LogP contribution in [0.3, 0.4) is 0 Å². The summed E-state index contributed by atoms with van der Waals surface area (Å²) in [6.45, 7) is 2.24. The Morgan fingerprint density at radius 2 is 1.38 bits per heavy atom. The third-order valence-corrected chi connectivity index (χ3v) is 11.1. The first kappa shape index (κ1) is 33.5. The molecule has 2 unspecified atom stereocenters. The smallest absolute Gasteiger partial charge is 0.192 e. The van der Waals surface area contributed by atoms with Crippen molar-refractivity contribution in [2.75, 3.05) is 9.80 Å². The zero-order chi connectivity index (χ0) is 34.4. The normalized spacial score (nSPS) is 18.2. The molecule has 4 aromatic carbocycles. The molecule has 2 aliphatic rings. The van der Waals surface area contributed by atoms with E-state index in [1.165, 1.54) is 0 Å². The summed E-state index contributed by atoms with van der Waals surface area (Å²) in [5.74, 6) is 1.70. The Hall–Kier alpha value is -5.30. The number of thiazole rings is 1. The molecule has 53 heavy (non-hydrogen) atoms. The third-order valence-electron chi connectivity index (χ3n) is 10.4. The summed E-state index contributed by atoms with van der Waals surface area (Å²) in [6, 6.07) is 47.0. The SMILES string of the molecule is [Pt].[c-]1c(Oc2[c-]c3c(cc2)c2ccccc2n3-c2nccs2)cccc1N1[CH-]N(C2C(c3ccccn3)CCCC2c2ccccn2)c2ccccc21. The molecular weight excluding hydrogens is 856 g/mol. The van der Waals surface area contributed by atoms with E-state index in [0.29, 0.717) is 11.5 Å². The molecule has 7 nitrogen and oxygen atoms in total. The number of anilines is 3. The molecule has 1 aliphatic carbocycles. The molecule has 8 aromatic rings. The van der Waals surface area contributed by atoms with Crippen LogP contribution in [0.2, 0.25) is 0 Å². The van der Waals surface area contributed by atoms with Crippen LogP contribution in [-0.4, -0.2) is 25.6 Å². The molecule has 2 atom stereocenters. The second-order valence-corrected chi connectivity index (χ2v) is 14.2. The van der Waals surface area contributed by atoms with Gasteiger partial charge in [0.05, 0.1) is 0 Å². The topological polar surface area (TPSA) is 59.3 Å². The van der Waals surface area contributed by atoms with Gasteiger partial charge in [-0.05, 0) is 60.7 Å². The predicted molar refractivity (Wildman–Crippen MR) is 208 cm³/mol. The van der Waals surface area contributed by atoms with E-state index in [0.717, 1.165) is 74.6 Å². The first-order chi connectivity index (χ1) is 25.8. The zero-order valence-electron chi connectivity index (χ0n) is 28.5. The maximum absolute atomic E-state index is 6.52. The summed E-state index contributed by atoms with van der Waals surface area (Å²) < 4.78 is 8.69. The fraction of sp³-hybridized carbons (Fsp3) is 0.136. The van der Waals surface area contributed by atoms with E-state index in [2.05, 4.69) is 123 Å². The van der Waals surface area contributed by atoms with Crippen molar-refractivity contribution in [3.8, 4) is 16.6 Å². The van der Waals surface area contributed by atoms with Crippen LogP contribution in [0.25, 0.3) is 26.9 Å². The predicted octanol–water partition coefficient (Wildman–Crippen LogP) is 10.6. The van der Waals surface area contributed by atoms with Gasteiger partial charge in [-0.25, -0.2) is 4.98 Å². The Kier molecular flexibility index (Phi) is 9.02. The van der Waals surface area contributed by atoms with E-state index in [9.17, 15) is 0 Å². The molecule has 0 saturated heterocycles. The molecule has 9 heteroatoms. The first-order valence-corrected chi connectivity index (χ1v) is 18.6. The Morgan fingerprint density at radius 3 is 2.11 bits per heavy atom. The van der Waals surface area contributed by atoms with Crippen molar-refractivity contribution < 1.29 is 25.8 Å². The molecule has 0 radical (unpaired) electrons. The fourth-order valence-electron chi connectivity index (χ4n) is 8.18. The van der Waals surface area contributed by atoms with Gasteiger partial charge in [0, 0.05) is 103 Å². The molecule has 10 rings (SSSR count). The quantitative estimate of drug-likeness (QED) is 0.149. The largest absolute Gasteiger partial charge is 0.509 e. The molecule has 0 N–H and O–H groups in total. The van der Waals surface area contributed by atoms with E-state index in [1.54, 1.807) is 11.3 Å². The van der Waals surface area contributed by atoms with Crippen molar-refractivity contribution in [1.29, 1.82) is 0 Å². The number of hydrogen-bond acceptors (Lipinski definition) is 7. The van der Waals surface area contributed by atoms with E-state index in [1.807, 2.05) is 54.3 Å². The molecule has 1 saturated carbocycles. The molecule has 0 spiro atoms. The van der Waals surface area contributed by atoms with Crippen molar-refractivity contribution >= 4 is 50.2 Å². The van der Waals surface area contributed by atoms with Gasteiger partial charge >= 0.3 is 0 Å². The van der Waals surface area contributed by atoms with E-state index in [-0.39, 0.29) is 38.9 Å². The summed E-state index contributed by atoms with van der Waals surface area (Å²) in [5, 5.41) is 5.16. The van der Waals surface area contributed by atoms with E-state index < -0.39 is 0 Å². The molecule has 264 valence electrons. The van der Waals surface area contributed by atoms with E-state index >= 15 is 0 Å². The maximum atomic E-state index is 6.52. The van der Waals surface area contributed by atoms with Crippen LogP contribution in [0.5, 0.6) is 11.5 Å². The van der Waals surface area contributed by atoms with Crippen LogP contribution in [0.15, 0.2) is 139 Å². The summed E-state index contributed by atoms with van der Waals surface area (Å²) in [6.07, 6.45) is 8.92. The van der Waals surface area contributed by atoms with Gasteiger partial charge in [0.25, 0.3) is 0 Å². The Balaban J connectivity index is 0.00000372. The van der Waals surface area contributed by atoms with Gasteiger partial charge in [-0.15, -0.1) is 52.7 Å². The number of rotatable bonds is 7. The minimum absolute atomic E-state index is 0. The van der Waals surface area contributed by atoms with Crippen LogP contribution in [0, 0.1) is 18.8 Å². The van der Waals surface area contributed by atoms with Gasteiger partial charge in [0.2, 0.25) is 0 Å². The second kappa shape index (κ2) is 14.3. The second-order valence-electron chi connectivity index (χ2n) is 13.3. The molecule has 0 bridgehead atoms. The number of pyridine rings is 2. The minimum Gasteiger partial charge on any atom is -0.509 e. The van der Waals surface area contributed by atoms with Crippen molar-refractivity contribution in [1.82, 2.24) is 19.5 Å². The van der Waals surface area contributed by atoms with Crippen LogP contribution in [-0.2, 0) is 21.1 Å². The number of fused-ring (bicyclic) bond motifs is 4. The number of hydrogen-bond donors (Lipinski definition) is 0. The summed E-state index contributed by atoms with van der Waals surface area (Å²) in [4.78, 5) is 19.1. The van der Waals surface area contributed by atoms with Crippen molar-refractivity contribution in [2.24, 2.45) is 0 Å². The van der Waals surface area contributed by atoms with Crippen LogP contribution < -0.4 is 14.5 Å². The summed E-state index contributed by atoms with van der Waals surface area (Å²) >= 11 is 1.60. The van der Waals surface area contributed by atoms with E-state index in [4.69, 9.17) is 14.7 Å². The number of para-hydroxylation sites is 3. The van der Waals surface area contributed by atoms with Crippen LogP contribution in [0.1, 0.15) is 42.5 Å². The zero-order valence-corrected chi connectivity index (χ0v) is 31.6. The summed E-state index contributed by atoms with van der Waals surface area (Å²) in [5.41, 5.74) is 7.43. The van der Waals surface area contributed by atoms with Gasteiger partial charge < -0.3 is 19.1 Å². The number of nitrogens with zero attached hydrogens (tertiary/aromatic N) is 6. The van der Waals surface area contributed by atoms with Gasteiger partial charge in [-0.1, -0.05) is 54.4 Å². The number of aromatic nitrogens is 4. The van der Waals surface area contributed by atoms with Gasteiger partial charge in [-0.2, -0.15) is 18.8 Å². The van der Waals surface area contributed by atoms with Crippen LogP contribution >= 0.6 is 11.3 Å². The number of ether oxygens (including phenoxy) is 1. The first-order valence-electron chi connectivity index (χ1n) is 17.7. The average Bonchev–Trinajstić information content (AvgIpc) is 3.95. The van der Waals surface area contributed by atoms with Gasteiger partial charge in [0.1, 0.15) is 0 Å². The van der Waals surface area contributed by atoms with Crippen LogP contribution in [0.4, 0.5) is 17.1 Å². The van der Waals surface area contributed by atoms with Crippen molar-refractivity contribution in [2.45, 2.75) is 37.1 Å². The fourth-order valence-corrected chi connectivity index (χ4v) is 8.84. The van der Waals surface area contributed by atoms with Crippen molar-refractivity contribution in [3.05, 3.63) is 169 Å². The molecular formula is C44H33N6OPtS-3. The molecule has 1 aliphatic heterocycles. The minimum atomic E-state index is 0. The average molecular weight is 889 g/mol. The standard InChI is InChI=1S/C44H33N6OS.Pt/c1-2-18-39-33(13-1)34-22-21-32(28-42(34)50(39)44-47-25-26-52-44)51-31-12-9-11-30(27-31)48-29-49(41-20-4-3-19-40(41)48)43-35(37-16-5-7-23-45-37)14-10-15-36(43)38-17-6-8-24-46-38;/h1-9,11-13,16-26,29,35-36,43H,10,14-15H2;/q-3;. The molecule has 4 aromatic heterocycles. The molecule has 0 amide bonds. The van der Waals surface area contributed by atoms with Crippen molar-refractivity contribution in [3.63, 3.8) is 0 Å². The van der Waals surface area contributed by atoms with Gasteiger partial charge in [-0.3, -0.25) is 9.97 Å². The molecule has 1 fully saturated rings. The summed E-state index contributed by atoms with van der Waals surface area (Å²) in [7, 11) is 0. The molecule has 5 heterocycles. The monoisotopic (exact) mass is 888 g/mol. The Bertz CT molecular complexity index is 2460. The maximum Gasteiger partial charge on any atom is 0.192 e. The Labute approximate surface area is 326 Å². The third kappa shape index (κ3) is 6.00. The number of benzene rings is 4. The van der Waals surface area contributed by atoms with Gasteiger partial charge in [0.15, 0.2) is 5.13 Å².